The highest BCUT2D eigenvalue weighted by molar-refractivity contribution is 6.34. The number of hydrogen-bond donors (Lipinski definition) is 1. The Hall–Kier alpha value is -2.79. The van der Waals surface area contributed by atoms with E-state index in [2.05, 4.69) is 10.4 Å². The van der Waals surface area contributed by atoms with E-state index < -0.39 is 0 Å². The van der Waals surface area contributed by atoms with Crippen LogP contribution in [0.2, 0.25) is 5.02 Å². The lowest BCUT2D eigenvalue weighted by Gasteiger charge is -2.09. The highest BCUT2D eigenvalue weighted by atomic mass is 35.5. The van der Waals surface area contributed by atoms with Gasteiger partial charge in [-0.05, 0) is 42.7 Å². The molecule has 6 heteroatoms. The Morgan fingerprint density at radius 2 is 1.68 bits per heavy atom. The SMILES string of the molecule is Cc1ccc(Oc2ccc(CNC(=O)c3c(Cl)c(C(C)C)nn3C)cc2)cc1. The molecule has 1 aromatic heterocycles. The molecule has 28 heavy (non-hydrogen) atoms. The normalized spacial score (nSPS) is 10.9. The van der Waals surface area contributed by atoms with Crippen LogP contribution in [0.15, 0.2) is 48.5 Å². The molecule has 0 saturated carbocycles. The zero-order chi connectivity index (χ0) is 20.3. The highest BCUT2D eigenvalue weighted by Crippen LogP contribution is 2.26. The average molecular weight is 398 g/mol. The van der Waals surface area contributed by atoms with Crippen molar-refractivity contribution in [3.8, 4) is 11.5 Å². The number of nitrogens with one attached hydrogen (secondary N) is 1. The monoisotopic (exact) mass is 397 g/mol. The molecule has 146 valence electrons. The number of amides is 1. The second-order valence-electron chi connectivity index (χ2n) is 7.07. The van der Waals surface area contributed by atoms with E-state index >= 15 is 0 Å². The van der Waals surface area contributed by atoms with E-state index in [4.69, 9.17) is 16.3 Å². The van der Waals surface area contributed by atoms with Crippen LogP contribution in [0.3, 0.4) is 0 Å². The first-order valence-electron chi connectivity index (χ1n) is 9.19. The summed E-state index contributed by atoms with van der Waals surface area (Å²) in [5.74, 6) is 1.45. The maximum atomic E-state index is 12.6. The van der Waals surface area contributed by atoms with Crippen LogP contribution < -0.4 is 10.1 Å². The molecule has 0 aliphatic rings. The van der Waals surface area contributed by atoms with Crippen LogP contribution in [0.1, 0.15) is 47.1 Å². The summed E-state index contributed by atoms with van der Waals surface area (Å²) < 4.78 is 7.36. The molecule has 0 aliphatic heterocycles. The van der Waals surface area contributed by atoms with Gasteiger partial charge in [-0.2, -0.15) is 5.10 Å². The third-order valence-corrected chi connectivity index (χ3v) is 4.78. The van der Waals surface area contributed by atoms with Gasteiger partial charge in [0.15, 0.2) is 0 Å². The summed E-state index contributed by atoms with van der Waals surface area (Å²) in [6.07, 6.45) is 0. The van der Waals surface area contributed by atoms with E-state index in [9.17, 15) is 4.79 Å². The van der Waals surface area contributed by atoms with Crippen molar-refractivity contribution in [2.75, 3.05) is 0 Å². The quantitative estimate of drug-likeness (QED) is 0.619. The maximum Gasteiger partial charge on any atom is 0.271 e. The van der Waals surface area contributed by atoms with Gasteiger partial charge in [0.25, 0.3) is 5.91 Å². The van der Waals surface area contributed by atoms with Crippen molar-refractivity contribution in [1.82, 2.24) is 15.1 Å². The van der Waals surface area contributed by atoms with Gasteiger partial charge in [-0.1, -0.05) is 55.3 Å². The second-order valence-corrected chi connectivity index (χ2v) is 7.45. The Bertz CT molecular complexity index is 961. The van der Waals surface area contributed by atoms with Crippen molar-refractivity contribution >= 4 is 17.5 Å². The number of benzene rings is 2. The van der Waals surface area contributed by atoms with Crippen LogP contribution >= 0.6 is 11.6 Å². The van der Waals surface area contributed by atoms with Gasteiger partial charge in [0.2, 0.25) is 0 Å². The van der Waals surface area contributed by atoms with Crippen molar-refractivity contribution in [2.24, 2.45) is 7.05 Å². The molecule has 1 heterocycles. The first kappa shape index (κ1) is 20.0. The molecule has 0 saturated heterocycles. The fourth-order valence-corrected chi connectivity index (χ4v) is 3.28. The molecule has 0 spiro atoms. The Labute approximate surface area is 170 Å². The number of carbonyl (C=O) groups is 1. The van der Waals surface area contributed by atoms with Crippen LogP contribution in [0.25, 0.3) is 0 Å². The lowest BCUT2D eigenvalue weighted by Crippen LogP contribution is -2.25. The minimum absolute atomic E-state index is 0.154. The van der Waals surface area contributed by atoms with E-state index in [0.29, 0.717) is 17.3 Å². The van der Waals surface area contributed by atoms with Crippen LogP contribution in [0.4, 0.5) is 0 Å². The number of rotatable bonds is 6. The lowest BCUT2D eigenvalue weighted by molar-refractivity contribution is 0.0941. The molecule has 0 bridgehead atoms. The van der Waals surface area contributed by atoms with E-state index in [1.54, 1.807) is 7.05 Å². The van der Waals surface area contributed by atoms with Crippen LogP contribution in [-0.2, 0) is 13.6 Å². The summed E-state index contributed by atoms with van der Waals surface area (Å²) in [7, 11) is 1.73. The molecular weight excluding hydrogens is 374 g/mol. The number of nitrogens with zero attached hydrogens (tertiary/aromatic N) is 2. The fraction of sp³-hybridized carbons (Fsp3) is 0.273. The molecule has 2 aromatic carbocycles. The molecule has 0 aliphatic carbocycles. The van der Waals surface area contributed by atoms with E-state index in [1.807, 2.05) is 69.3 Å². The van der Waals surface area contributed by atoms with Crippen LogP contribution in [0.5, 0.6) is 11.5 Å². The Morgan fingerprint density at radius 1 is 1.11 bits per heavy atom. The number of aromatic nitrogens is 2. The smallest absolute Gasteiger partial charge is 0.271 e. The minimum Gasteiger partial charge on any atom is -0.457 e. The first-order valence-corrected chi connectivity index (χ1v) is 9.57. The standard InChI is InChI=1S/C22H24ClN3O2/c1-14(2)20-19(23)21(26(4)25-20)22(27)24-13-16-7-11-18(12-8-16)28-17-9-5-15(3)6-10-17/h5-12,14H,13H2,1-4H3,(H,24,27). The zero-order valence-corrected chi connectivity index (χ0v) is 17.2. The molecular formula is C22H24ClN3O2. The molecule has 0 atom stereocenters. The van der Waals surface area contributed by atoms with Gasteiger partial charge < -0.3 is 10.1 Å². The molecule has 0 unspecified atom stereocenters. The topological polar surface area (TPSA) is 56.1 Å². The first-order chi connectivity index (χ1) is 13.3. The Balaban J connectivity index is 1.62. The third-order valence-electron chi connectivity index (χ3n) is 4.41. The number of halogens is 1. The van der Waals surface area contributed by atoms with Crippen molar-refractivity contribution in [1.29, 1.82) is 0 Å². The van der Waals surface area contributed by atoms with Crippen molar-refractivity contribution in [2.45, 2.75) is 33.2 Å². The van der Waals surface area contributed by atoms with Gasteiger partial charge >= 0.3 is 0 Å². The van der Waals surface area contributed by atoms with Crippen molar-refractivity contribution in [3.63, 3.8) is 0 Å². The summed E-state index contributed by atoms with van der Waals surface area (Å²) >= 11 is 6.35. The van der Waals surface area contributed by atoms with Gasteiger partial charge in [-0.3, -0.25) is 9.48 Å². The van der Waals surface area contributed by atoms with Crippen LogP contribution in [0, 0.1) is 6.92 Å². The van der Waals surface area contributed by atoms with Gasteiger partial charge in [-0.15, -0.1) is 0 Å². The largest absolute Gasteiger partial charge is 0.457 e. The molecule has 0 fully saturated rings. The van der Waals surface area contributed by atoms with Gasteiger partial charge in [0.05, 0.1) is 10.7 Å². The Morgan fingerprint density at radius 3 is 2.21 bits per heavy atom. The average Bonchev–Trinajstić information content (AvgIpc) is 2.97. The fourth-order valence-electron chi connectivity index (χ4n) is 2.82. The maximum absolute atomic E-state index is 12.6. The molecule has 3 rings (SSSR count). The summed E-state index contributed by atoms with van der Waals surface area (Å²) in [4.78, 5) is 12.6. The van der Waals surface area contributed by atoms with Gasteiger partial charge in [0.1, 0.15) is 17.2 Å². The summed E-state index contributed by atoms with van der Waals surface area (Å²) in [5, 5.41) is 7.66. The second kappa shape index (κ2) is 8.48. The molecule has 3 aromatic rings. The van der Waals surface area contributed by atoms with E-state index in [1.165, 1.54) is 10.2 Å². The Kier molecular flexibility index (Phi) is 6.05. The molecule has 5 nitrogen and oxygen atoms in total. The third kappa shape index (κ3) is 4.54. The predicted octanol–water partition coefficient (Wildman–Crippen LogP) is 5.23. The summed E-state index contributed by atoms with van der Waals surface area (Å²) in [6, 6.07) is 15.5. The predicted molar refractivity (Wildman–Crippen MR) is 111 cm³/mol. The van der Waals surface area contributed by atoms with Crippen LogP contribution in [-0.4, -0.2) is 15.7 Å². The lowest BCUT2D eigenvalue weighted by atomic mass is 10.1. The minimum atomic E-state index is -0.244. The van der Waals surface area contributed by atoms with Crippen molar-refractivity contribution in [3.05, 3.63) is 76.1 Å². The number of ether oxygens (including phenoxy) is 1. The number of aryl methyl sites for hydroxylation is 2. The number of hydrogen-bond acceptors (Lipinski definition) is 3. The van der Waals surface area contributed by atoms with E-state index in [0.717, 1.165) is 22.8 Å². The number of carbonyl (C=O) groups excluding carboxylic acids is 1. The molecule has 1 amide bonds. The van der Waals surface area contributed by atoms with E-state index in [-0.39, 0.29) is 11.8 Å². The summed E-state index contributed by atoms with van der Waals surface area (Å²) in [5.41, 5.74) is 3.26. The zero-order valence-electron chi connectivity index (χ0n) is 16.5. The summed E-state index contributed by atoms with van der Waals surface area (Å²) in [6.45, 7) is 6.42. The molecule has 0 radical (unpaired) electrons. The van der Waals surface area contributed by atoms with Gasteiger partial charge in [0, 0.05) is 13.6 Å². The van der Waals surface area contributed by atoms with Crippen molar-refractivity contribution < 1.29 is 9.53 Å². The molecule has 1 N–H and O–H groups in total. The highest BCUT2D eigenvalue weighted by Gasteiger charge is 2.22. The van der Waals surface area contributed by atoms with Gasteiger partial charge in [-0.25, -0.2) is 0 Å².